The van der Waals surface area contributed by atoms with E-state index in [1.807, 2.05) is 31.8 Å². The minimum atomic E-state index is -2.16. The molecule has 0 saturated carbocycles. The van der Waals surface area contributed by atoms with Gasteiger partial charge < -0.3 is 10.6 Å². The van der Waals surface area contributed by atoms with Crippen molar-refractivity contribution in [2.75, 3.05) is 11.9 Å². The molecule has 0 aliphatic carbocycles. The maximum atomic E-state index is 14.5. The van der Waals surface area contributed by atoms with Crippen molar-refractivity contribution in [3.05, 3.63) is 52.9 Å². The average Bonchev–Trinajstić information content (AvgIpc) is 2.58. The van der Waals surface area contributed by atoms with E-state index in [-0.39, 0.29) is 16.8 Å². The van der Waals surface area contributed by atoms with Crippen LogP contribution in [0.15, 0.2) is 24.3 Å². The monoisotopic (exact) mass is 403 g/mol. The second kappa shape index (κ2) is 7.71. The molecule has 1 unspecified atom stereocenters. The zero-order valence-corrected chi connectivity index (χ0v) is 18.0. The van der Waals surface area contributed by atoms with Crippen LogP contribution in [0, 0.1) is 11.6 Å². The normalized spacial score (nSPS) is 16.8. The second-order valence-electron chi connectivity index (χ2n) is 8.62. The molecule has 1 aliphatic rings. The fourth-order valence-corrected chi connectivity index (χ4v) is 5.15. The van der Waals surface area contributed by atoms with E-state index in [1.54, 1.807) is 0 Å². The smallest absolute Gasteiger partial charge is 0.246 e. The van der Waals surface area contributed by atoms with E-state index < -0.39 is 25.8 Å². The maximum absolute atomic E-state index is 14.5. The van der Waals surface area contributed by atoms with Gasteiger partial charge in [-0.25, -0.2) is 8.78 Å². The highest BCUT2D eigenvalue weighted by Crippen LogP contribution is 2.26. The Morgan fingerprint density at radius 2 is 1.86 bits per heavy atom. The molecule has 1 atom stereocenters. The molecule has 1 aromatic heterocycles. The summed E-state index contributed by atoms with van der Waals surface area (Å²) < 4.78 is 29.0. The Morgan fingerprint density at radius 3 is 2.43 bits per heavy atom. The summed E-state index contributed by atoms with van der Waals surface area (Å²) in [6.45, 7) is 10.4. The number of rotatable bonds is 4. The number of nitrogens with zero attached hydrogens (tertiary/aromatic N) is 1. The fraction of sp³-hybridized carbons (Fsp3) is 0.429. The molecule has 150 valence electrons. The van der Waals surface area contributed by atoms with Crippen LogP contribution in [-0.2, 0) is 11.2 Å². The first-order chi connectivity index (χ1) is 13.1. The van der Waals surface area contributed by atoms with E-state index in [0.717, 1.165) is 23.4 Å². The highest BCUT2D eigenvalue weighted by molar-refractivity contribution is 6.88. The van der Waals surface area contributed by atoms with Gasteiger partial charge in [0.25, 0.3) is 0 Å². The summed E-state index contributed by atoms with van der Waals surface area (Å²) in [5.41, 5.74) is 2.83. The molecule has 1 aromatic carbocycles. The Kier molecular flexibility index (Phi) is 5.68. The van der Waals surface area contributed by atoms with E-state index >= 15 is 0 Å². The van der Waals surface area contributed by atoms with Crippen LogP contribution in [0.4, 0.5) is 14.5 Å². The number of fused-ring (bicyclic) bond motifs is 1. The standard InChI is InChI=1S/C21H27F2N3OSi/c1-12(2)17-7-6-14-18(26-17)8-9-24-19(14)21(27)25-13-10-15(22)20(16(23)11-13)28(3,4)5/h6-7,10-12,19,24H,8-9H2,1-5H3,(H,25,27). The van der Waals surface area contributed by atoms with Crippen LogP contribution in [0.2, 0.25) is 19.6 Å². The third-order valence-electron chi connectivity index (χ3n) is 4.97. The number of amides is 1. The van der Waals surface area contributed by atoms with Gasteiger partial charge in [0.15, 0.2) is 0 Å². The van der Waals surface area contributed by atoms with Gasteiger partial charge in [0, 0.05) is 40.8 Å². The van der Waals surface area contributed by atoms with Crippen molar-refractivity contribution < 1.29 is 13.6 Å². The summed E-state index contributed by atoms with van der Waals surface area (Å²) in [6, 6.07) is 5.67. The number of aromatic nitrogens is 1. The minimum Gasteiger partial charge on any atom is -0.324 e. The average molecular weight is 404 g/mol. The molecule has 0 saturated heterocycles. The highest BCUT2D eigenvalue weighted by atomic mass is 28.3. The molecular weight excluding hydrogens is 376 g/mol. The topological polar surface area (TPSA) is 54.0 Å². The molecule has 0 spiro atoms. The zero-order chi connectivity index (χ0) is 20.6. The van der Waals surface area contributed by atoms with E-state index in [9.17, 15) is 13.6 Å². The van der Waals surface area contributed by atoms with Crippen molar-refractivity contribution in [3.63, 3.8) is 0 Å². The molecule has 2 N–H and O–H groups in total. The number of carbonyl (C=O) groups is 1. The van der Waals surface area contributed by atoms with Crippen molar-refractivity contribution in [1.82, 2.24) is 10.3 Å². The molecule has 4 nitrogen and oxygen atoms in total. The van der Waals surface area contributed by atoms with Crippen LogP contribution < -0.4 is 15.8 Å². The van der Waals surface area contributed by atoms with Crippen molar-refractivity contribution in [1.29, 1.82) is 0 Å². The summed E-state index contributed by atoms with van der Waals surface area (Å²) in [6.07, 6.45) is 0.744. The number of hydrogen-bond acceptors (Lipinski definition) is 3. The summed E-state index contributed by atoms with van der Waals surface area (Å²) in [7, 11) is -2.16. The summed E-state index contributed by atoms with van der Waals surface area (Å²) >= 11 is 0. The highest BCUT2D eigenvalue weighted by Gasteiger charge is 2.29. The van der Waals surface area contributed by atoms with Gasteiger partial charge in [0.1, 0.15) is 17.7 Å². The predicted molar refractivity (Wildman–Crippen MR) is 111 cm³/mol. The van der Waals surface area contributed by atoms with Gasteiger partial charge in [-0.2, -0.15) is 0 Å². The number of nitrogens with one attached hydrogen (secondary N) is 2. The van der Waals surface area contributed by atoms with Gasteiger partial charge in [0.05, 0.1) is 8.07 Å². The summed E-state index contributed by atoms with van der Waals surface area (Å²) in [5.74, 6) is -1.24. The van der Waals surface area contributed by atoms with Crippen LogP contribution in [0.5, 0.6) is 0 Å². The van der Waals surface area contributed by atoms with Crippen molar-refractivity contribution in [2.45, 2.75) is 51.9 Å². The Bertz CT molecular complexity index is 886. The first-order valence-electron chi connectivity index (χ1n) is 9.61. The van der Waals surface area contributed by atoms with E-state index in [0.29, 0.717) is 12.5 Å². The molecule has 0 fully saturated rings. The number of pyridine rings is 1. The lowest BCUT2D eigenvalue weighted by Gasteiger charge is -2.26. The van der Waals surface area contributed by atoms with Gasteiger partial charge in [-0.05, 0) is 24.1 Å². The van der Waals surface area contributed by atoms with Crippen molar-refractivity contribution >= 4 is 24.9 Å². The lowest BCUT2D eigenvalue weighted by atomic mass is 9.96. The van der Waals surface area contributed by atoms with Crippen LogP contribution in [-0.4, -0.2) is 25.5 Å². The molecule has 1 aliphatic heterocycles. The molecule has 28 heavy (non-hydrogen) atoms. The molecule has 0 radical (unpaired) electrons. The summed E-state index contributed by atoms with van der Waals surface area (Å²) in [4.78, 5) is 17.5. The molecule has 7 heteroatoms. The Labute approximate surface area is 165 Å². The van der Waals surface area contributed by atoms with E-state index in [2.05, 4.69) is 29.5 Å². The van der Waals surface area contributed by atoms with Gasteiger partial charge in [-0.15, -0.1) is 0 Å². The fourth-order valence-electron chi connectivity index (χ4n) is 3.57. The van der Waals surface area contributed by atoms with Gasteiger partial charge >= 0.3 is 0 Å². The Balaban J connectivity index is 1.85. The predicted octanol–water partition coefficient (Wildman–Crippen LogP) is 3.85. The third kappa shape index (κ3) is 4.15. The number of hydrogen-bond donors (Lipinski definition) is 2. The minimum absolute atomic E-state index is 0.127. The first kappa shape index (κ1) is 20.6. The number of carbonyl (C=O) groups excluding carboxylic acids is 1. The first-order valence-corrected chi connectivity index (χ1v) is 13.1. The van der Waals surface area contributed by atoms with E-state index in [4.69, 9.17) is 0 Å². The van der Waals surface area contributed by atoms with E-state index in [1.165, 1.54) is 12.1 Å². The molecular formula is C21H27F2N3OSi. The lowest BCUT2D eigenvalue weighted by Crippen LogP contribution is -2.43. The Hall–Kier alpha value is -2.12. The van der Waals surface area contributed by atoms with Crippen LogP contribution >= 0.6 is 0 Å². The zero-order valence-electron chi connectivity index (χ0n) is 17.0. The Morgan fingerprint density at radius 1 is 1.21 bits per heavy atom. The molecule has 2 heterocycles. The van der Waals surface area contributed by atoms with Crippen LogP contribution in [0.3, 0.4) is 0 Å². The number of benzene rings is 1. The largest absolute Gasteiger partial charge is 0.324 e. The van der Waals surface area contributed by atoms with Gasteiger partial charge in [-0.3, -0.25) is 9.78 Å². The van der Waals surface area contributed by atoms with Gasteiger partial charge in [-0.1, -0.05) is 39.6 Å². The summed E-state index contributed by atoms with van der Waals surface area (Å²) in [5, 5.41) is 5.98. The molecule has 3 rings (SSSR count). The molecule has 2 aromatic rings. The third-order valence-corrected chi connectivity index (χ3v) is 6.94. The van der Waals surface area contributed by atoms with Crippen molar-refractivity contribution in [2.24, 2.45) is 0 Å². The van der Waals surface area contributed by atoms with Crippen molar-refractivity contribution in [3.8, 4) is 0 Å². The number of anilines is 1. The van der Waals surface area contributed by atoms with Crippen LogP contribution in [0.25, 0.3) is 0 Å². The SMILES string of the molecule is CC(C)c1ccc2c(n1)CCNC2C(=O)Nc1cc(F)c([Si](C)(C)C)c(F)c1. The van der Waals surface area contributed by atoms with Gasteiger partial charge in [0.2, 0.25) is 5.91 Å². The maximum Gasteiger partial charge on any atom is 0.246 e. The molecule has 0 bridgehead atoms. The quantitative estimate of drug-likeness (QED) is 0.763. The number of halogens is 2. The lowest BCUT2D eigenvalue weighted by molar-refractivity contribution is -0.118. The second-order valence-corrected chi connectivity index (χ2v) is 13.6. The van der Waals surface area contributed by atoms with Crippen LogP contribution in [0.1, 0.15) is 42.8 Å². The molecule has 1 amide bonds.